The molecule has 0 atom stereocenters. The van der Waals surface area contributed by atoms with Crippen LogP contribution in [0.2, 0.25) is 0 Å². The summed E-state index contributed by atoms with van der Waals surface area (Å²) in [5, 5.41) is 0. The fraction of sp³-hybridized carbons (Fsp3) is 0.860. The predicted molar refractivity (Wildman–Crippen MR) is 211 cm³/mol. The molecule has 0 aliphatic heterocycles. The summed E-state index contributed by atoms with van der Waals surface area (Å²) in [6.07, 6.45) is 47.2. The van der Waals surface area contributed by atoms with Crippen LogP contribution in [0, 0.1) is 13.0 Å². The zero-order chi connectivity index (χ0) is 32.9. The Balaban J connectivity index is 0.000000170. The van der Waals surface area contributed by atoms with Gasteiger partial charge in [-0.05, 0) is 111 Å². The molecule has 1 aromatic rings. The third-order valence-corrected chi connectivity index (χ3v) is 21.0. The van der Waals surface area contributed by atoms with Gasteiger partial charge in [0.2, 0.25) is 0 Å². The van der Waals surface area contributed by atoms with Crippen molar-refractivity contribution in [2.24, 2.45) is 0 Å². The van der Waals surface area contributed by atoms with Crippen molar-refractivity contribution in [3.05, 3.63) is 35.9 Å². The monoisotopic (exact) mass is 744 g/mol. The Morgan fingerprint density at radius 3 is 0.809 bits per heavy atom. The van der Waals surface area contributed by atoms with E-state index in [1.165, 1.54) is 78.0 Å². The quantitative estimate of drug-likeness (QED) is 0.155. The molecule has 0 heterocycles. The Morgan fingerprint density at radius 1 is 0.426 bits per heavy atom. The molecule has 7 rings (SSSR count). The van der Waals surface area contributed by atoms with Crippen molar-refractivity contribution in [3.8, 4) is 0 Å². The van der Waals surface area contributed by atoms with E-state index in [1.54, 1.807) is 154 Å². The number of rotatable bonds is 6. The molecule has 47 heavy (non-hydrogen) atoms. The standard InChI is InChI=1S/2C18H33P.C7H7.ClH.Ni/c2*1-4-10-16(11-5-1)19(17-12-6-2-7-13-17)18-14-8-3-9-15-18;1-7-5-3-2-4-6-7;;/h2*16-18H,1-15H2;2-5H,1H3;1H;/q;;-1;;+1/p-1. The maximum absolute atomic E-state index is 4.26. The topological polar surface area (TPSA) is 0 Å². The molecule has 0 amide bonds. The van der Waals surface area contributed by atoms with Crippen molar-refractivity contribution in [3.63, 3.8) is 0 Å². The van der Waals surface area contributed by atoms with Crippen LogP contribution in [0.5, 0.6) is 0 Å². The normalized spacial score (nSPS) is 24.8. The van der Waals surface area contributed by atoms with E-state index in [0.717, 1.165) is 0 Å². The molecule has 0 spiro atoms. The second-order valence-electron chi connectivity index (χ2n) is 16.2. The van der Waals surface area contributed by atoms with Gasteiger partial charge in [-0.25, -0.2) is 0 Å². The van der Waals surface area contributed by atoms with Gasteiger partial charge in [-0.15, -0.1) is 0 Å². The molecule has 0 saturated heterocycles. The van der Waals surface area contributed by atoms with Crippen molar-refractivity contribution in [1.82, 2.24) is 0 Å². The van der Waals surface area contributed by atoms with Crippen LogP contribution in [0.3, 0.4) is 0 Å². The summed E-state index contributed by atoms with van der Waals surface area (Å²) in [6, 6.07) is 10.9. The van der Waals surface area contributed by atoms with E-state index in [1.807, 2.05) is 31.2 Å². The second kappa shape index (κ2) is 24.9. The van der Waals surface area contributed by atoms with E-state index in [4.69, 9.17) is 0 Å². The van der Waals surface area contributed by atoms with Gasteiger partial charge < -0.3 is 0 Å². The summed E-state index contributed by atoms with van der Waals surface area (Å²) in [4.78, 5) is 0. The Hall–Kier alpha value is 0.864. The number of aryl methyl sites for hydroxylation is 1. The zero-order valence-electron chi connectivity index (χ0n) is 30.6. The van der Waals surface area contributed by atoms with E-state index in [0.29, 0.717) is 15.8 Å². The van der Waals surface area contributed by atoms with Gasteiger partial charge >= 0.3 is 24.8 Å². The van der Waals surface area contributed by atoms with E-state index < -0.39 is 0 Å². The third-order valence-electron chi connectivity index (χ3n) is 12.8. The molecule has 0 unspecified atom stereocenters. The van der Waals surface area contributed by atoms with Gasteiger partial charge in [0.05, 0.1) is 0 Å². The van der Waals surface area contributed by atoms with Crippen LogP contribution in [0.25, 0.3) is 0 Å². The Kier molecular flexibility index (Phi) is 21.6. The summed E-state index contributed by atoms with van der Waals surface area (Å²) >= 11 is 3.35. The molecule has 6 saturated carbocycles. The summed E-state index contributed by atoms with van der Waals surface area (Å²) in [7, 11) is 5.03. The van der Waals surface area contributed by atoms with E-state index in [-0.39, 0.29) is 0 Å². The van der Waals surface area contributed by atoms with Gasteiger partial charge in [0.1, 0.15) is 0 Å². The Labute approximate surface area is 308 Å². The van der Waals surface area contributed by atoms with Crippen LogP contribution >= 0.6 is 26.0 Å². The van der Waals surface area contributed by atoms with Crippen molar-refractivity contribution >= 4 is 26.0 Å². The number of benzene rings is 1. The minimum atomic E-state index is 0.385. The predicted octanol–water partition coefficient (Wildman–Crippen LogP) is 15.4. The first-order chi connectivity index (χ1) is 23.3. The molecule has 0 aromatic heterocycles. The summed E-state index contributed by atoms with van der Waals surface area (Å²) in [5.74, 6) is 0. The number of hydrogen-bond donors (Lipinski definition) is 0. The third kappa shape index (κ3) is 14.4. The Bertz CT molecular complexity index is 721. The van der Waals surface area contributed by atoms with Gasteiger partial charge in [0, 0.05) is 0 Å². The van der Waals surface area contributed by atoms with E-state index >= 15 is 0 Å². The number of hydrogen-bond acceptors (Lipinski definition) is 0. The van der Waals surface area contributed by atoms with Gasteiger partial charge in [-0.3, -0.25) is 0 Å². The molecule has 0 N–H and O–H groups in total. The van der Waals surface area contributed by atoms with Crippen LogP contribution in [0.15, 0.2) is 24.3 Å². The van der Waals surface area contributed by atoms with Crippen molar-refractivity contribution in [1.29, 1.82) is 0 Å². The molecule has 0 bridgehead atoms. The molecule has 6 aliphatic rings. The SMILES string of the molecule is C1CCC(P(C2CCCCC2)C2CCCCC2)CC1.C1CCC(P(C2CCCCC2)C2CCCCC2)CC1.Cc1[c-]cccc1.[Cl][Ni]. The molecule has 4 heteroatoms. The first kappa shape index (κ1) is 40.6. The molecule has 273 valence electrons. The molecule has 6 fully saturated rings. The van der Waals surface area contributed by atoms with Crippen LogP contribution < -0.4 is 0 Å². The molecular weight excluding hydrogens is 673 g/mol. The minimum absolute atomic E-state index is 0.385. The van der Waals surface area contributed by atoms with E-state index in [9.17, 15) is 0 Å². The number of halogens is 1. The maximum atomic E-state index is 4.26. The zero-order valence-corrected chi connectivity index (χ0v) is 34.1. The first-order valence-corrected chi connectivity index (χ1v) is 25.4. The van der Waals surface area contributed by atoms with E-state index in [2.05, 4.69) is 30.8 Å². The fourth-order valence-electron chi connectivity index (χ4n) is 10.5. The average Bonchev–Trinajstić information content (AvgIpc) is 3.16. The van der Waals surface area contributed by atoms with Gasteiger partial charge in [-0.2, -0.15) is 35.9 Å². The molecule has 6 aliphatic carbocycles. The summed E-state index contributed by atoms with van der Waals surface area (Å²) in [5.41, 5.74) is 8.34. The van der Waals surface area contributed by atoms with Crippen molar-refractivity contribution in [2.75, 3.05) is 0 Å². The van der Waals surface area contributed by atoms with Gasteiger partial charge in [0.15, 0.2) is 0 Å². The molecule has 1 aromatic carbocycles. The Morgan fingerprint density at radius 2 is 0.660 bits per heavy atom. The average molecular weight is 746 g/mol. The molecular formula is C43H73ClNiP2-. The summed E-state index contributed by atoms with van der Waals surface area (Å²) < 4.78 is 0. The first-order valence-electron chi connectivity index (χ1n) is 20.9. The summed E-state index contributed by atoms with van der Waals surface area (Å²) in [6.45, 7) is 2.03. The van der Waals surface area contributed by atoms with Crippen LogP contribution in [0.1, 0.15) is 198 Å². The van der Waals surface area contributed by atoms with Gasteiger partial charge in [0.25, 0.3) is 0 Å². The second-order valence-corrected chi connectivity index (χ2v) is 22.4. The molecule has 0 nitrogen and oxygen atoms in total. The molecule has 0 radical (unpaired) electrons. The fourth-order valence-corrected chi connectivity index (χ4v) is 19.9. The van der Waals surface area contributed by atoms with Crippen LogP contribution in [0.4, 0.5) is 0 Å². The van der Waals surface area contributed by atoms with Crippen LogP contribution in [-0.2, 0) is 14.6 Å². The van der Waals surface area contributed by atoms with Crippen molar-refractivity contribution < 1.29 is 14.6 Å². The van der Waals surface area contributed by atoms with Crippen molar-refractivity contribution in [2.45, 2.75) is 234 Å². The van der Waals surface area contributed by atoms with Gasteiger partial charge in [-0.1, -0.05) is 138 Å². The van der Waals surface area contributed by atoms with Crippen LogP contribution in [-0.4, -0.2) is 34.0 Å².